The molecule has 25 heavy (non-hydrogen) atoms. The summed E-state index contributed by atoms with van der Waals surface area (Å²) in [7, 11) is 0. The van der Waals surface area contributed by atoms with Crippen LogP contribution in [0.1, 0.15) is 40.5 Å². The van der Waals surface area contributed by atoms with Crippen LogP contribution in [-0.2, 0) is 0 Å². The Bertz CT molecular complexity index is 932. The lowest BCUT2D eigenvalue weighted by Gasteiger charge is -2.07. The van der Waals surface area contributed by atoms with Crippen molar-refractivity contribution >= 4 is 17.5 Å². The van der Waals surface area contributed by atoms with Crippen molar-refractivity contribution in [2.24, 2.45) is 5.73 Å². The number of fused-ring (bicyclic) bond motifs is 1. The number of hydrogen-bond donors (Lipinski definition) is 2. The molecule has 1 aromatic carbocycles. The van der Waals surface area contributed by atoms with Gasteiger partial charge in [-0.15, -0.1) is 0 Å². The average Bonchev–Trinajstić information content (AvgIpc) is 3.05. The first kappa shape index (κ1) is 16.6. The Morgan fingerprint density at radius 3 is 2.84 bits per heavy atom. The number of unbranched alkanes of at least 4 members (excludes halogenated alkanes) is 1. The fourth-order valence-electron chi connectivity index (χ4n) is 2.52. The molecule has 128 valence electrons. The summed E-state index contributed by atoms with van der Waals surface area (Å²) in [5.74, 6) is -0.666. The number of nitrogens with zero attached hydrogens (tertiary/aromatic N) is 3. The van der Waals surface area contributed by atoms with E-state index in [9.17, 15) is 9.59 Å². The SMILES string of the molecule is CCCCNC(=O)c1cccc(-c2cnc3c(C(N)=O)cnn3c2)c1. The molecule has 2 aromatic heterocycles. The third-order valence-electron chi connectivity index (χ3n) is 3.90. The van der Waals surface area contributed by atoms with Crippen LogP contribution in [0.2, 0.25) is 0 Å². The van der Waals surface area contributed by atoms with E-state index in [1.54, 1.807) is 18.5 Å². The summed E-state index contributed by atoms with van der Waals surface area (Å²) in [6, 6.07) is 7.30. The maximum atomic E-state index is 12.2. The van der Waals surface area contributed by atoms with Crippen molar-refractivity contribution < 1.29 is 9.59 Å². The van der Waals surface area contributed by atoms with Crippen molar-refractivity contribution in [3.8, 4) is 11.1 Å². The predicted molar refractivity (Wildman–Crippen MR) is 94.2 cm³/mol. The zero-order valence-corrected chi connectivity index (χ0v) is 13.9. The van der Waals surface area contributed by atoms with E-state index >= 15 is 0 Å². The average molecular weight is 337 g/mol. The van der Waals surface area contributed by atoms with Gasteiger partial charge in [-0.2, -0.15) is 5.10 Å². The molecule has 0 bridgehead atoms. The fourth-order valence-corrected chi connectivity index (χ4v) is 2.52. The Kier molecular flexibility index (Phi) is 4.74. The normalized spacial score (nSPS) is 10.8. The Labute approximate surface area is 144 Å². The number of carbonyl (C=O) groups excluding carboxylic acids is 2. The van der Waals surface area contributed by atoms with Crippen LogP contribution in [0.15, 0.2) is 42.9 Å². The van der Waals surface area contributed by atoms with Crippen LogP contribution in [0.3, 0.4) is 0 Å². The number of primary amides is 1. The highest BCUT2D eigenvalue weighted by Gasteiger charge is 2.12. The lowest BCUT2D eigenvalue weighted by molar-refractivity contribution is 0.0952. The lowest BCUT2D eigenvalue weighted by atomic mass is 10.1. The summed E-state index contributed by atoms with van der Waals surface area (Å²) in [4.78, 5) is 27.8. The van der Waals surface area contributed by atoms with E-state index in [2.05, 4.69) is 22.3 Å². The van der Waals surface area contributed by atoms with Gasteiger partial charge in [0.1, 0.15) is 5.56 Å². The summed E-state index contributed by atoms with van der Waals surface area (Å²) in [5.41, 5.74) is 8.20. The quantitative estimate of drug-likeness (QED) is 0.672. The first-order valence-corrected chi connectivity index (χ1v) is 8.12. The third-order valence-corrected chi connectivity index (χ3v) is 3.90. The van der Waals surface area contributed by atoms with Crippen LogP contribution in [-0.4, -0.2) is 33.0 Å². The number of aromatic nitrogens is 3. The van der Waals surface area contributed by atoms with Gasteiger partial charge in [0, 0.05) is 30.1 Å². The van der Waals surface area contributed by atoms with Gasteiger partial charge in [-0.25, -0.2) is 9.50 Å². The zero-order chi connectivity index (χ0) is 17.8. The van der Waals surface area contributed by atoms with Gasteiger partial charge in [-0.3, -0.25) is 9.59 Å². The van der Waals surface area contributed by atoms with E-state index in [1.807, 2.05) is 18.2 Å². The van der Waals surface area contributed by atoms with Gasteiger partial charge in [0.15, 0.2) is 5.65 Å². The van der Waals surface area contributed by atoms with Crippen molar-refractivity contribution in [1.29, 1.82) is 0 Å². The first-order chi connectivity index (χ1) is 12.1. The van der Waals surface area contributed by atoms with E-state index in [0.717, 1.165) is 24.0 Å². The van der Waals surface area contributed by atoms with E-state index in [-0.39, 0.29) is 11.5 Å². The molecule has 0 saturated carbocycles. The molecular formula is C18H19N5O2. The summed E-state index contributed by atoms with van der Waals surface area (Å²) < 4.78 is 1.50. The lowest BCUT2D eigenvalue weighted by Crippen LogP contribution is -2.24. The molecule has 3 N–H and O–H groups in total. The molecular weight excluding hydrogens is 318 g/mol. The highest BCUT2D eigenvalue weighted by molar-refractivity contribution is 5.98. The highest BCUT2D eigenvalue weighted by Crippen LogP contribution is 2.21. The smallest absolute Gasteiger partial charge is 0.254 e. The number of carbonyl (C=O) groups is 2. The van der Waals surface area contributed by atoms with E-state index in [4.69, 9.17) is 5.73 Å². The molecule has 0 unspecified atom stereocenters. The van der Waals surface area contributed by atoms with Gasteiger partial charge in [-0.1, -0.05) is 25.5 Å². The molecule has 2 heterocycles. The molecule has 0 aliphatic carbocycles. The molecule has 7 heteroatoms. The minimum absolute atomic E-state index is 0.0977. The van der Waals surface area contributed by atoms with Crippen molar-refractivity contribution in [1.82, 2.24) is 19.9 Å². The second-order valence-corrected chi connectivity index (χ2v) is 5.72. The molecule has 0 aliphatic heterocycles. The molecule has 0 fully saturated rings. The maximum Gasteiger partial charge on any atom is 0.254 e. The van der Waals surface area contributed by atoms with Crippen LogP contribution in [0.4, 0.5) is 0 Å². The zero-order valence-electron chi connectivity index (χ0n) is 13.9. The molecule has 0 atom stereocenters. The summed E-state index contributed by atoms with van der Waals surface area (Å²) in [6.45, 7) is 2.74. The maximum absolute atomic E-state index is 12.2. The standard InChI is InChI=1S/C18H19N5O2/c1-2-3-7-20-18(25)13-6-4-5-12(8-13)14-9-21-17-15(16(19)24)10-22-23(17)11-14/h4-6,8-11H,2-3,7H2,1H3,(H2,19,24)(H,20,25). The summed E-state index contributed by atoms with van der Waals surface area (Å²) in [6.07, 6.45) is 6.77. The molecule has 0 spiro atoms. The number of hydrogen-bond acceptors (Lipinski definition) is 4. The third kappa shape index (κ3) is 3.50. The summed E-state index contributed by atoms with van der Waals surface area (Å²) >= 11 is 0. The molecule has 3 rings (SSSR count). The molecule has 0 radical (unpaired) electrons. The Morgan fingerprint density at radius 1 is 1.24 bits per heavy atom. The highest BCUT2D eigenvalue weighted by atomic mass is 16.2. The minimum Gasteiger partial charge on any atom is -0.365 e. The number of nitrogens with one attached hydrogen (secondary N) is 1. The molecule has 7 nitrogen and oxygen atoms in total. The van der Waals surface area contributed by atoms with Crippen LogP contribution < -0.4 is 11.1 Å². The van der Waals surface area contributed by atoms with Gasteiger partial charge in [0.2, 0.25) is 0 Å². The number of benzene rings is 1. The van der Waals surface area contributed by atoms with Gasteiger partial charge in [-0.05, 0) is 24.1 Å². The van der Waals surface area contributed by atoms with Gasteiger partial charge >= 0.3 is 0 Å². The van der Waals surface area contributed by atoms with E-state index < -0.39 is 5.91 Å². The van der Waals surface area contributed by atoms with E-state index in [0.29, 0.717) is 17.8 Å². The van der Waals surface area contributed by atoms with E-state index in [1.165, 1.54) is 10.7 Å². The largest absolute Gasteiger partial charge is 0.365 e. The van der Waals surface area contributed by atoms with Gasteiger partial charge in [0.25, 0.3) is 11.8 Å². The Morgan fingerprint density at radius 2 is 2.08 bits per heavy atom. The van der Waals surface area contributed by atoms with Crippen molar-refractivity contribution in [3.63, 3.8) is 0 Å². The van der Waals surface area contributed by atoms with Crippen LogP contribution in [0.25, 0.3) is 16.8 Å². The van der Waals surface area contributed by atoms with Crippen LogP contribution in [0, 0.1) is 0 Å². The minimum atomic E-state index is -0.569. The Balaban J connectivity index is 1.89. The topological polar surface area (TPSA) is 102 Å². The second-order valence-electron chi connectivity index (χ2n) is 5.72. The monoisotopic (exact) mass is 337 g/mol. The van der Waals surface area contributed by atoms with Crippen LogP contribution in [0.5, 0.6) is 0 Å². The van der Waals surface area contributed by atoms with Crippen molar-refractivity contribution in [2.45, 2.75) is 19.8 Å². The second kappa shape index (κ2) is 7.12. The summed E-state index contributed by atoms with van der Waals surface area (Å²) in [5, 5.41) is 7.01. The van der Waals surface area contributed by atoms with Gasteiger partial charge < -0.3 is 11.1 Å². The molecule has 0 saturated heterocycles. The fraction of sp³-hybridized carbons (Fsp3) is 0.222. The molecule has 2 amide bonds. The molecule has 3 aromatic rings. The Hall–Kier alpha value is -3.22. The number of amides is 2. The predicted octanol–water partition coefficient (Wildman–Crippen LogP) is 2.03. The number of nitrogens with two attached hydrogens (primary N) is 1. The first-order valence-electron chi connectivity index (χ1n) is 8.12. The van der Waals surface area contributed by atoms with Gasteiger partial charge in [0.05, 0.1) is 6.20 Å². The number of rotatable bonds is 6. The molecule has 0 aliphatic rings. The van der Waals surface area contributed by atoms with Crippen molar-refractivity contribution in [2.75, 3.05) is 6.54 Å². The van der Waals surface area contributed by atoms with Crippen molar-refractivity contribution in [3.05, 3.63) is 54.0 Å². The van der Waals surface area contributed by atoms with Crippen LogP contribution >= 0.6 is 0 Å².